The average molecular weight is 306 g/mol. The van der Waals surface area contributed by atoms with Gasteiger partial charge in [-0.25, -0.2) is 0 Å². The molecule has 0 spiro atoms. The number of fused-ring (bicyclic) bond motifs is 2. The summed E-state index contributed by atoms with van der Waals surface area (Å²) in [5.74, 6) is 0. The molecule has 1 fully saturated rings. The van der Waals surface area contributed by atoms with E-state index in [1.165, 1.54) is 22.3 Å². The maximum Gasteiger partial charge on any atom is 0.209 e. The average Bonchev–Trinajstić information content (AvgIpc) is 2.79. The van der Waals surface area contributed by atoms with Crippen LogP contribution in [0.5, 0.6) is 0 Å². The highest BCUT2D eigenvalue weighted by Gasteiger charge is 2.30. The fourth-order valence-corrected chi connectivity index (χ4v) is 3.99. The lowest BCUT2D eigenvalue weighted by Crippen LogP contribution is -2.47. The van der Waals surface area contributed by atoms with Crippen LogP contribution in [0.3, 0.4) is 0 Å². The van der Waals surface area contributed by atoms with Gasteiger partial charge in [0.2, 0.25) is 6.41 Å². The molecule has 0 bridgehead atoms. The summed E-state index contributed by atoms with van der Waals surface area (Å²) in [5.41, 5.74) is 5.81. The molecule has 2 aromatic carbocycles. The minimum absolute atomic E-state index is 0.318. The zero-order valence-corrected chi connectivity index (χ0v) is 13.3. The van der Waals surface area contributed by atoms with Crippen molar-refractivity contribution in [3.63, 3.8) is 0 Å². The number of benzene rings is 2. The number of piperazine rings is 1. The number of amides is 1. The van der Waals surface area contributed by atoms with E-state index in [9.17, 15) is 4.79 Å². The third-order valence-corrected chi connectivity index (χ3v) is 5.23. The normalized spacial score (nSPS) is 18.9. The fraction of sp³-hybridized carbons (Fsp3) is 0.350. The molecule has 118 valence electrons. The molecule has 0 saturated carbocycles. The first kappa shape index (κ1) is 14.5. The SMILES string of the molecule is O=CN1CCN(C2c3ccccc3CCc3ccccc32)CC1. The highest BCUT2D eigenvalue weighted by atomic mass is 16.1. The van der Waals surface area contributed by atoms with Crippen LogP contribution >= 0.6 is 0 Å². The number of carbonyl (C=O) groups excluding carboxylic acids is 1. The number of aryl methyl sites for hydroxylation is 2. The van der Waals surface area contributed by atoms with E-state index in [1.807, 2.05) is 4.90 Å². The van der Waals surface area contributed by atoms with Crippen LogP contribution in [0.1, 0.15) is 28.3 Å². The Balaban J connectivity index is 1.76. The van der Waals surface area contributed by atoms with Gasteiger partial charge in [-0.1, -0.05) is 48.5 Å². The van der Waals surface area contributed by atoms with Gasteiger partial charge in [0.25, 0.3) is 0 Å². The summed E-state index contributed by atoms with van der Waals surface area (Å²) >= 11 is 0. The predicted molar refractivity (Wildman–Crippen MR) is 91.3 cm³/mol. The van der Waals surface area contributed by atoms with E-state index in [2.05, 4.69) is 53.4 Å². The Labute approximate surface area is 137 Å². The Morgan fingerprint density at radius 2 is 1.30 bits per heavy atom. The van der Waals surface area contributed by atoms with Gasteiger partial charge in [-0.05, 0) is 35.1 Å². The molecule has 1 aliphatic heterocycles. The maximum atomic E-state index is 11.0. The first-order valence-electron chi connectivity index (χ1n) is 8.46. The quantitative estimate of drug-likeness (QED) is 0.796. The Kier molecular flexibility index (Phi) is 3.88. The third-order valence-electron chi connectivity index (χ3n) is 5.23. The van der Waals surface area contributed by atoms with Gasteiger partial charge in [0.1, 0.15) is 0 Å². The summed E-state index contributed by atoms with van der Waals surface area (Å²) in [6, 6.07) is 18.0. The van der Waals surface area contributed by atoms with Gasteiger partial charge in [0.15, 0.2) is 0 Å². The van der Waals surface area contributed by atoms with Crippen LogP contribution < -0.4 is 0 Å². The molecule has 1 amide bonds. The van der Waals surface area contributed by atoms with Crippen LogP contribution in [0.15, 0.2) is 48.5 Å². The Bertz CT molecular complexity index is 657. The van der Waals surface area contributed by atoms with Gasteiger partial charge in [-0.3, -0.25) is 9.69 Å². The van der Waals surface area contributed by atoms with Crippen molar-refractivity contribution in [3.8, 4) is 0 Å². The van der Waals surface area contributed by atoms with Crippen molar-refractivity contribution >= 4 is 6.41 Å². The Hall–Kier alpha value is -2.13. The highest BCUT2D eigenvalue weighted by molar-refractivity contribution is 5.48. The summed E-state index contributed by atoms with van der Waals surface area (Å²) in [4.78, 5) is 15.4. The fourth-order valence-electron chi connectivity index (χ4n) is 3.99. The zero-order chi connectivity index (χ0) is 15.6. The summed E-state index contributed by atoms with van der Waals surface area (Å²) < 4.78 is 0. The molecule has 1 aliphatic carbocycles. The van der Waals surface area contributed by atoms with Crippen molar-refractivity contribution < 1.29 is 4.79 Å². The number of hydrogen-bond acceptors (Lipinski definition) is 2. The topological polar surface area (TPSA) is 23.6 Å². The largest absolute Gasteiger partial charge is 0.343 e. The van der Waals surface area contributed by atoms with Gasteiger partial charge >= 0.3 is 0 Å². The number of hydrogen-bond donors (Lipinski definition) is 0. The van der Waals surface area contributed by atoms with Crippen molar-refractivity contribution in [2.75, 3.05) is 26.2 Å². The van der Waals surface area contributed by atoms with E-state index in [1.54, 1.807) is 0 Å². The van der Waals surface area contributed by atoms with Crippen molar-refractivity contribution in [1.29, 1.82) is 0 Å². The van der Waals surface area contributed by atoms with E-state index >= 15 is 0 Å². The Morgan fingerprint density at radius 3 is 1.83 bits per heavy atom. The van der Waals surface area contributed by atoms with Crippen LogP contribution in [0.2, 0.25) is 0 Å². The van der Waals surface area contributed by atoms with Crippen LogP contribution in [0.4, 0.5) is 0 Å². The lowest BCUT2D eigenvalue weighted by Gasteiger charge is -2.39. The zero-order valence-electron chi connectivity index (χ0n) is 13.3. The molecule has 2 aliphatic rings. The van der Waals surface area contributed by atoms with Crippen LogP contribution in [0.25, 0.3) is 0 Å². The summed E-state index contributed by atoms with van der Waals surface area (Å²) in [7, 11) is 0. The van der Waals surface area contributed by atoms with E-state index in [4.69, 9.17) is 0 Å². The van der Waals surface area contributed by atoms with Gasteiger partial charge in [-0.15, -0.1) is 0 Å². The molecule has 0 atom stereocenters. The molecule has 0 aromatic heterocycles. The summed E-state index contributed by atoms with van der Waals surface area (Å²) in [6.07, 6.45) is 3.20. The predicted octanol–water partition coefficient (Wildman–Crippen LogP) is 2.65. The second-order valence-corrected chi connectivity index (χ2v) is 6.48. The molecular weight excluding hydrogens is 284 g/mol. The maximum absolute atomic E-state index is 11.0. The first-order chi connectivity index (χ1) is 11.4. The highest BCUT2D eigenvalue weighted by Crippen LogP contribution is 2.36. The second-order valence-electron chi connectivity index (χ2n) is 6.48. The molecule has 23 heavy (non-hydrogen) atoms. The number of carbonyl (C=O) groups is 1. The van der Waals surface area contributed by atoms with Gasteiger partial charge in [-0.2, -0.15) is 0 Å². The molecule has 3 heteroatoms. The van der Waals surface area contributed by atoms with Crippen molar-refractivity contribution in [2.24, 2.45) is 0 Å². The van der Waals surface area contributed by atoms with Crippen LogP contribution in [-0.4, -0.2) is 42.4 Å². The van der Waals surface area contributed by atoms with Crippen molar-refractivity contribution in [2.45, 2.75) is 18.9 Å². The second kappa shape index (κ2) is 6.17. The molecular formula is C20H22N2O. The van der Waals surface area contributed by atoms with Crippen LogP contribution in [-0.2, 0) is 17.6 Å². The standard InChI is InChI=1S/C20H22N2O/c23-15-21-11-13-22(14-12-21)20-18-7-3-1-5-16(18)9-10-17-6-2-4-8-19(17)20/h1-8,15,20H,9-14H2. The monoisotopic (exact) mass is 306 g/mol. The third kappa shape index (κ3) is 2.66. The van der Waals surface area contributed by atoms with E-state index < -0.39 is 0 Å². The Morgan fingerprint density at radius 1 is 0.783 bits per heavy atom. The van der Waals surface area contributed by atoms with Crippen LogP contribution in [0, 0.1) is 0 Å². The molecule has 0 unspecified atom stereocenters. The van der Waals surface area contributed by atoms with E-state index in [-0.39, 0.29) is 0 Å². The smallest absolute Gasteiger partial charge is 0.209 e. The molecule has 0 radical (unpaired) electrons. The minimum atomic E-state index is 0.318. The summed E-state index contributed by atoms with van der Waals surface area (Å²) in [6.45, 7) is 3.52. The lowest BCUT2D eigenvalue weighted by molar-refractivity contribution is -0.119. The van der Waals surface area contributed by atoms with Gasteiger partial charge in [0.05, 0.1) is 6.04 Å². The van der Waals surface area contributed by atoms with E-state index in [0.717, 1.165) is 45.4 Å². The molecule has 2 aromatic rings. The van der Waals surface area contributed by atoms with Gasteiger partial charge in [0, 0.05) is 26.2 Å². The molecule has 4 rings (SSSR count). The number of rotatable bonds is 2. The van der Waals surface area contributed by atoms with E-state index in [0.29, 0.717) is 6.04 Å². The minimum Gasteiger partial charge on any atom is -0.343 e. The summed E-state index contributed by atoms with van der Waals surface area (Å²) in [5, 5.41) is 0. The first-order valence-corrected chi connectivity index (χ1v) is 8.46. The molecule has 1 saturated heterocycles. The van der Waals surface area contributed by atoms with Crippen molar-refractivity contribution in [1.82, 2.24) is 9.80 Å². The van der Waals surface area contributed by atoms with Crippen molar-refractivity contribution in [3.05, 3.63) is 70.8 Å². The lowest BCUT2D eigenvalue weighted by atomic mass is 9.93. The molecule has 3 nitrogen and oxygen atoms in total. The molecule has 0 N–H and O–H groups in total. The van der Waals surface area contributed by atoms with Gasteiger partial charge < -0.3 is 4.90 Å². The molecule has 1 heterocycles. The number of nitrogens with zero attached hydrogens (tertiary/aromatic N) is 2.